The molecule has 0 amide bonds. The van der Waals surface area contributed by atoms with E-state index in [9.17, 15) is 0 Å². The summed E-state index contributed by atoms with van der Waals surface area (Å²) in [4.78, 5) is 5.19. The Labute approximate surface area is 136 Å². The third kappa shape index (κ3) is 3.41. The van der Waals surface area contributed by atoms with E-state index in [2.05, 4.69) is 60.0 Å². The first-order valence-electron chi connectivity index (χ1n) is 8.38. The maximum absolute atomic E-state index is 4.01. The van der Waals surface area contributed by atoms with Crippen LogP contribution in [0.3, 0.4) is 0 Å². The first kappa shape index (κ1) is 14.7. The molecule has 2 aliphatic heterocycles. The molecule has 1 aromatic heterocycles. The number of H-pyrrole nitrogens is 1. The minimum atomic E-state index is 0.648. The number of aromatic amines is 1. The van der Waals surface area contributed by atoms with Crippen LogP contribution in [0.15, 0.2) is 24.3 Å². The molecule has 4 rings (SSSR count). The number of rotatable bonds is 4. The largest absolute Gasteiger partial charge is 0.315 e. The van der Waals surface area contributed by atoms with Crippen LogP contribution in [0.5, 0.6) is 0 Å². The predicted molar refractivity (Wildman–Crippen MR) is 87.7 cm³/mol. The molecule has 2 aromatic rings. The van der Waals surface area contributed by atoms with E-state index in [1.165, 1.54) is 31.6 Å². The lowest BCUT2D eigenvalue weighted by Crippen LogP contribution is -2.50. The van der Waals surface area contributed by atoms with Crippen molar-refractivity contribution in [2.75, 3.05) is 39.3 Å². The van der Waals surface area contributed by atoms with E-state index >= 15 is 0 Å². The molecule has 1 atom stereocenters. The second-order valence-corrected chi connectivity index (χ2v) is 6.39. The van der Waals surface area contributed by atoms with Gasteiger partial charge in [0.15, 0.2) is 0 Å². The van der Waals surface area contributed by atoms with Gasteiger partial charge in [0.25, 0.3) is 0 Å². The van der Waals surface area contributed by atoms with Crippen molar-refractivity contribution in [2.45, 2.75) is 19.0 Å². The van der Waals surface area contributed by atoms with E-state index < -0.39 is 0 Å². The molecule has 0 radical (unpaired) electrons. The molecule has 1 unspecified atom stereocenters. The van der Waals surface area contributed by atoms with Gasteiger partial charge in [-0.05, 0) is 23.7 Å². The standard InChI is InChI=1S/C16H23N7/c1-3-14(16-18-20-21-19-16)4-2-13(1)12-22-7-9-23(10-8-22)15-5-6-17-11-15/h1-4,15,17H,5-12H2,(H,18,19,20,21). The molecule has 0 saturated carbocycles. The summed E-state index contributed by atoms with van der Waals surface area (Å²) < 4.78 is 0. The van der Waals surface area contributed by atoms with E-state index in [0.29, 0.717) is 5.82 Å². The molecule has 2 saturated heterocycles. The van der Waals surface area contributed by atoms with Crippen molar-refractivity contribution in [2.24, 2.45) is 0 Å². The molecule has 122 valence electrons. The number of aromatic nitrogens is 4. The van der Waals surface area contributed by atoms with E-state index in [1.807, 2.05) is 0 Å². The average Bonchev–Trinajstić information content (AvgIpc) is 3.30. The fourth-order valence-electron chi connectivity index (χ4n) is 3.54. The van der Waals surface area contributed by atoms with Gasteiger partial charge in [-0.2, -0.15) is 5.21 Å². The number of hydrogen-bond acceptors (Lipinski definition) is 6. The van der Waals surface area contributed by atoms with Gasteiger partial charge < -0.3 is 5.32 Å². The van der Waals surface area contributed by atoms with Crippen LogP contribution in [-0.4, -0.2) is 75.7 Å². The van der Waals surface area contributed by atoms with E-state index in [-0.39, 0.29) is 0 Å². The molecular weight excluding hydrogens is 290 g/mol. The fraction of sp³-hybridized carbons (Fsp3) is 0.562. The zero-order valence-electron chi connectivity index (χ0n) is 13.3. The Morgan fingerprint density at radius 2 is 1.91 bits per heavy atom. The van der Waals surface area contributed by atoms with Gasteiger partial charge in [0, 0.05) is 50.9 Å². The SMILES string of the molecule is c1cc(-c2nn[nH]n2)ccc1CN1CCN(C2CCNC2)CC1. The van der Waals surface area contributed by atoms with Crippen molar-refractivity contribution < 1.29 is 0 Å². The number of piperazine rings is 1. The summed E-state index contributed by atoms with van der Waals surface area (Å²) in [5.41, 5.74) is 2.34. The molecular formula is C16H23N7. The Kier molecular flexibility index (Phi) is 4.32. The zero-order valence-corrected chi connectivity index (χ0v) is 13.3. The van der Waals surface area contributed by atoms with Crippen LogP contribution in [0.25, 0.3) is 11.4 Å². The fourth-order valence-corrected chi connectivity index (χ4v) is 3.54. The van der Waals surface area contributed by atoms with Crippen LogP contribution in [0.1, 0.15) is 12.0 Å². The normalized spacial score (nSPS) is 23.4. The minimum absolute atomic E-state index is 0.648. The van der Waals surface area contributed by atoms with Crippen molar-refractivity contribution in [3.05, 3.63) is 29.8 Å². The Morgan fingerprint density at radius 1 is 1.09 bits per heavy atom. The molecule has 0 bridgehead atoms. The van der Waals surface area contributed by atoms with Crippen molar-refractivity contribution in [1.82, 2.24) is 35.7 Å². The highest BCUT2D eigenvalue weighted by molar-refractivity contribution is 5.54. The lowest BCUT2D eigenvalue weighted by atomic mass is 10.1. The van der Waals surface area contributed by atoms with Gasteiger partial charge in [-0.3, -0.25) is 9.80 Å². The van der Waals surface area contributed by atoms with Gasteiger partial charge in [-0.15, -0.1) is 10.2 Å². The predicted octanol–water partition coefficient (Wildman–Crippen LogP) is 0.346. The average molecular weight is 313 g/mol. The second kappa shape index (κ2) is 6.74. The maximum atomic E-state index is 4.01. The number of benzene rings is 1. The van der Waals surface area contributed by atoms with Crippen LogP contribution < -0.4 is 5.32 Å². The van der Waals surface area contributed by atoms with Crippen LogP contribution in [-0.2, 0) is 6.54 Å². The quantitative estimate of drug-likeness (QED) is 0.848. The van der Waals surface area contributed by atoms with Gasteiger partial charge in [-0.25, -0.2) is 0 Å². The summed E-state index contributed by atoms with van der Waals surface area (Å²) in [6.45, 7) is 8.05. The van der Waals surface area contributed by atoms with Gasteiger partial charge >= 0.3 is 0 Å². The molecule has 23 heavy (non-hydrogen) atoms. The smallest absolute Gasteiger partial charge is 0.204 e. The lowest BCUT2D eigenvalue weighted by Gasteiger charge is -2.37. The molecule has 7 heteroatoms. The highest BCUT2D eigenvalue weighted by Crippen LogP contribution is 2.17. The van der Waals surface area contributed by atoms with Gasteiger partial charge in [0.05, 0.1) is 0 Å². The molecule has 0 spiro atoms. The zero-order chi connectivity index (χ0) is 15.5. The Morgan fingerprint density at radius 3 is 2.57 bits per heavy atom. The molecule has 7 nitrogen and oxygen atoms in total. The third-order valence-electron chi connectivity index (χ3n) is 4.92. The summed E-state index contributed by atoms with van der Waals surface area (Å²) in [5, 5.41) is 17.6. The summed E-state index contributed by atoms with van der Waals surface area (Å²) in [7, 11) is 0. The van der Waals surface area contributed by atoms with E-state index in [0.717, 1.165) is 37.8 Å². The summed E-state index contributed by atoms with van der Waals surface area (Å²) in [6.07, 6.45) is 1.30. The topological polar surface area (TPSA) is 73.0 Å². The van der Waals surface area contributed by atoms with Crippen molar-refractivity contribution in [3.63, 3.8) is 0 Å². The summed E-state index contributed by atoms with van der Waals surface area (Å²) >= 11 is 0. The second-order valence-electron chi connectivity index (χ2n) is 6.39. The van der Waals surface area contributed by atoms with Gasteiger partial charge in [-0.1, -0.05) is 24.3 Å². The third-order valence-corrected chi connectivity index (χ3v) is 4.92. The first-order chi connectivity index (χ1) is 11.4. The maximum Gasteiger partial charge on any atom is 0.204 e. The molecule has 2 N–H and O–H groups in total. The number of tetrazole rings is 1. The van der Waals surface area contributed by atoms with Crippen LogP contribution in [0.2, 0.25) is 0 Å². The monoisotopic (exact) mass is 313 g/mol. The number of nitrogens with zero attached hydrogens (tertiary/aromatic N) is 5. The van der Waals surface area contributed by atoms with Crippen LogP contribution >= 0.6 is 0 Å². The lowest BCUT2D eigenvalue weighted by molar-refractivity contribution is 0.0981. The van der Waals surface area contributed by atoms with Crippen LogP contribution in [0, 0.1) is 0 Å². The van der Waals surface area contributed by atoms with Crippen molar-refractivity contribution in [3.8, 4) is 11.4 Å². The molecule has 1 aromatic carbocycles. The molecule has 2 aliphatic rings. The first-order valence-corrected chi connectivity index (χ1v) is 8.38. The molecule has 3 heterocycles. The Bertz CT molecular complexity index is 596. The van der Waals surface area contributed by atoms with Gasteiger partial charge in [0.1, 0.15) is 0 Å². The Hall–Kier alpha value is -1.83. The Balaban J connectivity index is 1.31. The number of hydrogen-bond donors (Lipinski definition) is 2. The molecule has 0 aliphatic carbocycles. The minimum Gasteiger partial charge on any atom is -0.315 e. The van der Waals surface area contributed by atoms with Crippen molar-refractivity contribution >= 4 is 0 Å². The van der Waals surface area contributed by atoms with Gasteiger partial charge in [0.2, 0.25) is 5.82 Å². The summed E-state index contributed by atoms with van der Waals surface area (Å²) in [6, 6.07) is 9.23. The molecule has 2 fully saturated rings. The van der Waals surface area contributed by atoms with E-state index in [1.54, 1.807) is 0 Å². The number of nitrogens with one attached hydrogen (secondary N) is 2. The van der Waals surface area contributed by atoms with E-state index in [4.69, 9.17) is 0 Å². The van der Waals surface area contributed by atoms with Crippen molar-refractivity contribution in [1.29, 1.82) is 0 Å². The highest BCUT2D eigenvalue weighted by atomic mass is 15.5. The summed E-state index contributed by atoms with van der Waals surface area (Å²) in [5.74, 6) is 0.648. The van der Waals surface area contributed by atoms with Crippen LogP contribution in [0.4, 0.5) is 0 Å². The highest BCUT2D eigenvalue weighted by Gasteiger charge is 2.25.